The lowest BCUT2D eigenvalue weighted by Crippen LogP contribution is -1.89. The Balaban J connectivity index is 0.000001000. The molecule has 0 amide bonds. The fourth-order valence-electron chi connectivity index (χ4n) is 0.748. The summed E-state index contributed by atoms with van der Waals surface area (Å²) in [5.41, 5.74) is 1.49. The SMILES string of the molecule is CNc1ccc(C)c(F)c1.Cl. The number of hydrogen-bond acceptors (Lipinski definition) is 1. The first-order valence-corrected chi connectivity index (χ1v) is 3.18. The van der Waals surface area contributed by atoms with Crippen molar-refractivity contribution in [1.82, 2.24) is 0 Å². The molecule has 0 heterocycles. The molecule has 0 spiro atoms. The van der Waals surface area contributed by atoms with E-state index >= 15 is 0 Å². The van der Waals surface area contributed by atoms with Crippen molar-refractivity contribution in [2.24, 2.45) is 0 Å². The average Bonchev–Trinajstić information content (AvgIpc) is 1.95. The second-order valence-corrected chi connectivity index (χ2v) is 2.21. The molecule has 0 unspecified atom stereocenters. The number of anilines is 1. The summed E-state index contributed by atoms with van der Waals surface area (Å²) in [4.78, 5) is 0. The maximum absolute atomic E-state index is 12.7. The Morgan fingerprint density at radius 1 is 1.36 bits per heavy atom. The van der Waals surface area contributed by atoms with E-state index in [2.05, 4.69) is 5.32 Å². The Morgan fingerprint density at radius 3 is 2.45 bits per heavy atom. The van der Waals surface area contributed by atoms with Gasteiger partial charge in [-0.05, 0) is 24.6 Å². The van der Waals surface area contributed by atoms with Crippen molar-refractivity contribution >= 4 is 18.1 Å². The highest BCUT2D eigenvalue weighted by Gasteiger charge is 1.95. The van der Waals surface area contributed by atoms with E-state index in [4.69, 9.17) is 0 Å². The van der Waals surface area contributed by atoms with Gasteiger partial charge in [0.25, 0.3) is 0 Å². The fraction of sp³-hybridized carbons (Fsp3) is 0.250. The van der Waals surface area contributed by atoms with Crippen LogP contribution in [-0.2, 0) is 0 Å². The molecule has 3 heteroatoms. The highest BCUT2D eigenvalue weighted by Crippen LogP contribution is 2.12. The topological polar surface area (TPSA) is 12.0 Å². The molecule has 0 radical (unpaired) electrons. The molecular weight excluding hydrogens is 165 g/mol. The first-order chi connectivity index (χ1) is 4.74. The van der Waals surface area contributed by atoms with Crippen LogP contribution in [0.1, 0.15) is 5.56 Å². The largest absolute Gasteiger partial charge is 0.388 e. The maximum Gasteiger partial charge on any atom is 0.128 e. The summed E-state index contributed by atoms with van der Waals surface area (Å²) < 4.78 is 12.7. The lowest BCUT2D eigenvalue weighted by Gasteiger charge is -2.00. The van der Waals surface area contributed by atoms with Gasteiger partial charge in [-0.2, -0.15) is 0 Å². The van der Waals surface area contributed by atoms with Crippen LogP contribution in [0.4, 0.5) is 10.1 Å². The van der Waals surface area contributed by atoms with E-state index in [9.17, 15) is 4.39 Å². The molecule has 0 fully saturated rings. The third-order valence-corrected chi connectivity index (χ3v) is 1.46. The fourth-order valence-corrected chi connectivity index (χ4v) is 0.748. The van der Waals surface area contributed by atoms with Crippen molar-refractivity contribution in [3.63, 3.8) is 0 Å². The zero-order valence-corrected chi connectivity index (χ0v) is 7.33. The number of halogens is 2. The lowest BCUT2D eigenvalue weighted by molar-refractivity contribution is 0.619. The molecule has 0 aliphatic carbocycles. The Hall–Kier alpha value is -0.760. The summed E-state index contributed by atoms with van der Waals surface area (Å²) in [5.74, 6) is -0.160. The van der Waals surface area contributed by atoms with E-state index in [1.165, 1.54) is 6.07 Å². The van der Waals surface area contributed by atoms with Crippen LogP contribution >= 0.6 is 12.4 Å². The summed E-state index contributed by atoms with van der Waals surface area (Å²) in [6.07, 6.45) is 0. The molecule has 1 rings (SSSR count). The van der Waals surface area contributed by atoms with Crippen LogP contribution in [0, 0.1) is 12.7 Å². The summed E-state index contributed by atoms with van der Waals surface area (Å²) in [6.45, 7) is 1.74. The van der Waals surface area contributed by atoms with Crippen LogP contribution in [0.25, 0.3) is 0 Å². The molecule has 1 N–H and O–H groups in total. The minimum absolute atomic E-state index is 0. The molecule has 0 aromatic heterocycles. The first kappa shape index (κ1) is 10.2. The summed E-state index contributed by atoms with van der Waals surface area (Å²) >= 11 is 0. The minimum Gasteiger partial charge on any atom is -0.388 e. The standard InChI is InChI=1S/C8H10FN.ClH/c1-6-3-4-7(10-2)5-8(6)9;/h3-5,10H,1-2H3;1H. The highest BCUT2D eigenvalue weighted by molar-refractivity contribution is 5.85. The van der Waals surface area contributed by atoms with E-state index in [-0.39, 0.29) is 18.2 Å². The van der Waals surface area contributed by atoms with Gasteiger partial charge in [-0.15, -0.1) is 12.4 Å². The average molecular weight is 176 g/mol. The summed E-state index contributed by atoms with van der Waals surface area (Å²) in [7, 11) is 1.77. The molecule has 0 atom stereocenters. The predicted octanol–water partition coefficient (Wildman–Crippen LogP) is 2.60. The summed E-state index contributed by atoms with van der Waals surface area (Å²) in [5, 5.41) is 2.86. The number of aryl methyl sites for hydroxylation is 1. The van der Waals surface area contributed by atoms with Gasteiger partial charge in [-0.1, -0.05) is 6.07 Å². The van der Waals surface area contributed by atoms with Crippen molar-refractivity contribution in [3.05, 3.63) is 29.6 Å². The zero-order valence-electron chi connectivity index (χ0n) is 6.52. The van der Waals surface area contributed by atoms with E-state index in [0.29, 0.717) is 5.56 Å². The Labute approximate surface area is 72.0 Å². The van der Waals surface area contributed by atoms with Crippen molar-refractivity contribution in [1.29, 1.82) is 0 Å². The molecule has 1 aromatic rings. The minimum atomic E-state index is -0.160. The predicted molar refractivity (Wildman–Crippen MR) is 47.9 cm³/mol. The van der Waals surface area contributed by atoms with Crippen LogP contribution in [-0.4, -0.2) is 7.05 Å². The molecule has 0 saturated heterocycles. The van der Waals surface area contributed by atoms with E-state index in [1.54, 1.807) is 20.0 Å². The van der Waals surface area contributed by atoms with Crippen molar-refractivity contribution in [2.75, 3.05) is 12.4 Å². The third-order valence-electron chi connectivity index (χ3n) is 1.46. The molecule has 1 nitrogen and oxygen atoms in total. The van der Waals surface area contributed by atoms with Gasteiger partial charge >= 0.3 is 0 Å². The highest BCUT2D eigenvalue weighted by atomic mass is 35.5. The van der Waals surface area contributed by atoms with Gasteiger partial charge in [0.1, 0.15) is 5.82 Å². The van der Waals surface area contributed by atoms with Crippen LogP contribution < -0.4 is 5.32 Å². The second kappa shape index (κ2) is 4.19. The van der Waals surface area contributed by atoms with E-state index < -0.39 is 0 Å². The third kappa shape index (κ3) is 2.39. The number of rotatable bonds is 1. The van der Waals surface area contributed by atoms with Crippen LogP contribution in [0.5, 0.6) is 0 Å². The monoisotopic (exact) mass is 175 g/mol. The molecule has 11 heavy (non-hydrogen) atoms. The second-order valence-electron chi connectivity index (χ2n) is 2.21. The van der Waals surface area contributed by atoms with Gasteiger partial charge in [0.15, 0.2) is 0 Å². The molecular formula is C8H11ClFN. The van der Waals surface area contributed by atoms with Crippen LogP contribution in [0.15, 0.2) is 18.2 Å². The normalized spacial score (nSPS) is 8.64. The summed E-state index contributed by atoms with van der Waals surface area (Å²) in [6, 6.07) is 5.08. The smallest absolute Gasteiger partial charge is 0.128 e. The van der Waals surface area contributed by atoms with Crippen molar-refractivity contribution in [2.45, 2.75) is 6.92 Å². The number of hydrogen-bond donors (Lipinski definition) is 1. The van der Waals surface area contributed by atoms with E-state index in [0.717, 1.165) is 5.69 Å². The van der Waals surface area contributed by atoms with Crippen LogP contribution in [0.2, 0.25) is 0 Å². The van der Waals surface area contributed by atoms with Gasteiger partial charge in [0, 0.05) is 12.7 Å². The number of nitrogens with one attached hydrogen (secondary N) is 1. The quantitative estimate of drug-likeness (QED) is 0.692. The lowest BCUT2D eigenvalue weighted by atomic mass is 10.2. The van der Waals surface area contributed by atoms with Crippen molar-refractivity contribution in [3.8, 4) is 0 Å². The molecule has 0 bridgehead atoms. The van der Waals surface area contributed by atoms with Crippen molar-refractivity contribution < 1.29 is 4.39 Å². The Bertz CT molecular complexity index is 238. The molecule has 62 valence electrons. The molecule has 0 aliphatic rings. The molecule has 0 aliphatic heterocycles. The van der Waals surface area contributed by atoms with Gasteiger partial charge in [-0.3, -0.25) is 0 Å². The Kier molecular flexibility index (Phi) is 3.90. The first-order valence-electron chi connectivity index (χ1n) is 3.18. The maximum atomic E-state index is 12.7. The Morgan fingerprint density at radius 2 is 2.00 bits per heavy atom. The van der Waals surface area contributed by atoms with Gasteiger partial charge in [-0.25, -0.2) is 4.39 Å². The number of benzene rings is 1. The van der Waals surface area contributed by atoms with Gasteiger partial charge < -0.3 is 5.32 Å². The van der Waals surface area contributed by atoms with E-state index in [1.807, 2.05) is 6.07 Å². The van der Waals surface area contributed by atoms with Crippen LogP contribution in [0.3, 0.4) is 0 Å². The zero-order chi connectivity index (χ0) is 7.56. The van der Waals surface area contributed by atoms with Gasteiger partial charge in [0.05, 0.1) is 0 Å². The molecule has 1 aromatic carbocycles. The van der Waals surface area contributed by atoms with Gasteiger partial charge in [0.2, 0.25) is 0 Å². The molecule has 0 saturated carbocycles.